The number of aromatic hydroxyl groups is 2. The van der Waals surface area contributed by atoms with Crippen LogP contribution in [-0.4, -0.2) is 10.2 Å². The molecule has 0 saturated carbocycles. The van der Waals surface area contributed by atoms with Crippen LogP contribution in [0.5, 0.6) is 11.5 Å². The van der Waals surface area contributed by atoms with Gasteiger partial charge in [-0.1, -0.05) is 28.1 Å². The minimum Gasteiger partial charge on any atom is -0.504 e. The summed E-state index contributed by atoms with van der Waals surface area (Å²) in [4.78, 5) is 0. The van der Waals surface area contributed by atoms with Gasteiger partial charge < -0.3 is 15.5 Å². The Morgan fingerprint density at radius 3 is 2.56 bits per heavy atom. The molecule has 0 aliphatic carbocycles. The van der Waals surface area contributed by atoms with Crippen molar-refractivity contribution in [2.45, 2.75) is 13.5 Å². The molecule has 0 bridgehead atoms. The van der Waals surface area contributed by atoms with E-state index >= 15 is 0 Å². The van der Waals surface area contributed by atoms with Gasteiger partial charge in [-0.3, -0.25) is 0 Å². The largest absolute Gasteiger partial charge is 0.504 e. The van der Waals surface area contributed by atoms with Gasteiger partial charge in [0, 0.05) is 16.7 Å². The maximum absolute atomic E-state index is 9.41. The second kappa shape index (κ2) is 5.31. The van der Waals surface area contributed by atoms with Gasteiger partial charge in [0.15, 0.2) is 11.5 Å². The molecule has 2 aromatic rings. The molecule has 18 heavy (non-hydrogen) atoms. The summed E-state index contributed by atoms with van der Waals surface area (Å²) in [6.45, 7) is 2.62. The molecule has 0 aliphatic heterocycles. The number of nitrogens with one attached hydrogen (secondary N) is 1. The van der Waals surface area contributed by atoms with Crippen molar-refractivity contribution in [2.24, 2.45) is 0 Å². The van der Waals surface area contributed by atoms with Gasteiger partial charge in [-0.15, -0.1) is 0 Å². The van der Waals surface area contributed by atoms with Gasteiger partial charge in [-0.05, 0) is 42.3 Å². The number of halogens is 1. The maximum Gasteiger partial charge on any atom is 0.157 e. The first-order chi connectivity index (χ1) is 8.56. The number of rotatable bonds is 3. The molecule has 0 spiro atoms. The fourth-order valence-corrected chi connectivity index (χ4v) is 2.02. The number of phenols is 2. The molecule has 3 nitrogen and oxygen atoms in total. The van der Waals surface area contributed by atoms with Crippen LogP contribution in [0, 0.1) is 6.92 Å². The van der Waals surface area contributed by atoms with Crippen LogP contribution >= 0.6 is 15.9 Å². The summed E-state index contributed by atoms with van der Waals surface area (Å²) in [5.74, 6) is -0.197. The normalized spacial score (nSPS) is 10.3. The van der Waals surface area contributed by atoms with Crippen LogP contribution in [0.15, 0.2) is 40.9 Å². The number of benzene rings is 2. The van der Waals surface area contributed by atoms with Crippen LogP contribution in [0.25, 0.3) is 0 Å². The molecule has 3 N–H and O–H groups in total. The van der Waals surface area contributed by atoms with E-state index in [0.717, 1.165) is 21.3 Å². The minimum absolute atomic E-state index is 0.0970. The van der Waals surface area contributed by atoms with Gasteiger partial charge in [-0.2, -0.15) is 0 Å². The number of aryl methyl sites for hydroxylation is 1. The molecule has 0 atom stereocenters. The first kappa shape index (κ1) is 12.8. The van der Waals surface area contributed by atoms with Crippen molar-refractivity contribution in [3.05, 3.63) is 52.0 Å². The fourth-order valence-electron chi connectivity index (χ4n) is 1.66. The van der Waals surface area contributed by atoms with Crippen molar-refractivity contribution >= 4 is 21.6 Å². The second-order valence-corrected chi connectivity index (χ2v) is 5.05. The van der Waals surface area contributed by atoms with Gasteiger partial charge in [-0.25, -0.2) is 0 Å². The highest BCUT2D eigenvalue weighted by molar-refractivity contribution is 9.10. The Bertz CT molecular complexity index is 570. The molecule has 0 fully saturated rings. The molecular weight excluding hydrogens is 294 g/mol. The molecule has 0 heterocycles. The van der Waals surface area contributed by atoms with E-state index in [1.54, 1.807) is 12.1 Å². The zero-order chi connectivity index (χ0) is 13.1. The summed E-state index contributed by atoms with van der Waals surface area (Å²) >= 11 is 3.43. The summed E-state index contributed by atoms with van der Waals surface area (Å²) in [5.41, 5.74) is 3.10. The van der Waals surface area contributed by atoms with Gasteiger partial charge in [0.1, 0.15) is 0 Å². The summed E-state index contributed by atoms with van der Waals surface area (Å²) in [7, 11) is 0. The van der Waals surface area contributed by atoms with E-state index in [1.165, 1.54) is 6.07 Å². The predicted octanol–water partition coefficient (Wildman–Crippen LogP) is 3.78. The van der Waals surface area contributed by atoms with E-state index < -0.39 is 0 Å². The summed E-state index contributed by atoms with van der Waals surface area (Å²) in [6.07, 6.45) is 0. The SMILES string of the molecule is Cc1ccc(Br)cc1NCc1ccc(O)c(O)c1. The Kier molecular flexibility index (Phi) is 3.77. The number of hydrogen-bond acceptors (Lipinski definition) is 3. The Morgan fingerprint density at radius 2 is 1.83 bits per heavy atom. The lowest BCUT2D eigenvalue weighted by molar-refractivity contribution is 0.403. The van der Waals surface area contributed by atoms with Crippen LogP contribution in [0.2, 0.25) is 0 Å². The lowest BCUT2D eigenvalue weighted by Crippen LogP contribution is -2.00. The molecule has 0 radical (unpaired) electrons. The van der Waals surface area contributed by atoms with Crippen LogP contribution < -0.4 is 5.32 Å². The Hall–Kier alpha value is -1.68. The molecule has 2 rings (SSSR count). The molecule has 0 unspecified atom stereocenters. The molecule has 0 aliphatic rings. The smallest absolute Gasteiger partial charge is 0.157 e. The topological polar surface area (TPSA) is 52.5 Å². The van der Waals surface area contributed by atoms with E-state index in [4.69, 9.17) is 0 Å². The zero-order valence-corrected chi connectivity index (χ0v) is 11.5. The van der Waals surface area contributed by atoms with Crippen molar-refractivity contribution in [1.82, 2.24) is 0 Å². The van der Waals surface area contributed by atoms with E-state index in [9.17, 15) is 10.2 Å². The standard InChI is InChI=1S/C14H14BrNO2/c1-9-2-4-11(15)7-12(9)16-8-10-3-5-13(17)14(18)6-10/h2-7,16-18H,8H2,1H3. The lowest BCUT2D eigenvalue weighted by atomic mass is 10.1. The summed E-state index contributed by atoms with van der Waals surface area (Å²) in [5, 5.41) is 21.9. The van der Waals surface area contributed by atoms with Crippen molar-refractivity contribution in [3.8, 4) is 11.5 Å². The average molecular weight is 308 g/mol. The van der Waals surface area contributed by atoms with E-state index in [-0.39, 0.29) is 11.5 Å². The lowest BCUT2D eigenvalue weighted by Gasteiger charge is -2.10. The molecule has 0 amide bonds. The van der Waals surface area contributed by atoms with Gasteiger partial charge in [0.25, 0.3) is 0 Å². The minimum atomic E-state index is -0.0996. The van der Waals surface area contributed by atoms with Crippen molar-refractivity contribution < 1.29 is 10.2 Å². The van der Waals surface area contributed by atoms with Crippen LogP contribution in [0.1, 0.15) is 11.1 Å². The van der Waals surface area contributed by atoms with Crippen molar-refractivity contribution in [1.29, 1.82) is 0 Å². The van der Waals surface area contributed by atoms with E-state index in [0.29, 0.717) is 6.54 Å². The molecule has 0 aromatic heterocycles. The molecule has 0 saturated heterocycles. The summed E-state index contributed by atoms with van der Waals surface area (Å²) < 4.78 is 1.02. The Balaban J connectivity index is 2.11. The average Bonchev–Trinajstić information content (AvgIpc) is 2.34. The van der Waals surface area contributed by atoms with Crippen molar-refractivity contribution in [2.75, 3.05) is 5.32 Å². The zero-order valence-electron chi connectivity index (χ0n) is 9.94. The van der Waals surface area contributed by atoms with Gasteiger partial charge in [0.05, 0.1) is 0 Å². The quantitative estimate of drug-likeness (QED) is 0.756. The first-order valence-corrected chi connectivity index (χ1v) is 6.36. The highest BCUT2D eigenvalue weighted by Crippen LogP contribution is 2.26. The van der Waals surface area contributed by atoms with Gasteiger partial charge in [0.2, 0.25) is 0 Å². The molecule has 2 aromatic carbocycles. The second-order valence-electron chi connectivity index (χ2n) is 4.14. The molecule has 4 heteroatoms. The third-order valence-corrected chi connectivity index (χ3v) is 3.22. The van der Waals surface area contributed by atoms with E-state index in [2.05, 4.69) is 21.2 Å². The first-order valence-electron chi connectivity index (χ1n) is 5.57. The number of phenolic OH excluding ortho intramolecular Hbond substituents is 2. The van der Waals surface area contributed by atoms with Crippen LogP contribution in [0.4, 0.5) is 5.69 Å². The number of hydrogen-bond donors (Lipinski definition) is 3. The van der Waals surface area contributed by atoms with Crippen LogP contribution in [-0.2, 0) is 6.54 Å². The van der Waals surface area contributed by atoms with E-state index in [1.807, 2.05) is 25.1 Å². The highest BCUT2D eigenvalue weighted by atomic mass is 79.9. The third kappa shape index (κ3) is 2.96. The van der Waals surface area contributed by atoms with Crippen molar-refractivity contribution in [3.63, 3.8) is 0 Å². The third-order valence-electron chi connectivity index (χ3n) is 2.72. The maximum atomic E-state index is 9.41. The molecular formula is C14H14BrNO2. The van der Waals surface area contributed by atoms with Crippen LogP contribution in [0.3, 0.4) is 0 Å². The predicted molar refractivity (Wildman–Crippen MR) is 76.0 cm³/mol. The molecule has 94 valence electrons. The Labute approximate surface area is 114 Å². The Morgan fingerprint density at radius 1 is 1.06 bits per heavy atom. The number of anilines is 1. The summed E-state index contributed by atoms with van der Waals surface area (Å²) in [6, 6.07) is 10.8. The fraction of sp³-hybridized carbons (Fsp3) is 0.143. The highest BCUT2D eigenvalue weighted by Gasteiger charge is 2.02. The monoisotopic (exact) mass is 307 g/mol. The van der Waals surface area contributed by atoms with Gasteiger partial charge >= 0.3 is 0 Å².